The first-order chi connectivity index (χ1) is 7.25. The summed E-state index contributed by atoms with van der Waals surface area (Å²) in [5.41, 5.74) is -1.12. The Hall–Kier alpha value is -0.420. The molecule has 2 aliphatic rings. The topological polar surface area (TPSA) is 71.4 Å². The van der Waals surface area contributed by atoms with Crippen LogP contribution in [0.3, 0.4) is 0 Å². The molecule has 2 saturated carbocycles. The maximum Gasteiger partial charge on any atom is 0.265 e. The second-order valence-electron chi connectivity index (χ2n) is 5.37. The van der Waals surface area contributed by atoms with E-state index < -0.39 is 15.5 Å². The minimum Gasteiger partial charge on any atom is -0.299 e. The van der Waals surface area contributed by atoms with Crippen LogP contribution in [-0.4, -0.2) is 24.5 Å². The highest BCUT2D eigenvalue weighted by atomic mass is 32.2. The van der Waals surface area contributed by atoms with E-state index in [-0.39, 0.29) is 22.9 Å². The molecule has 0 aromatic heterocycles. The zero-order chi connectivity index (χ0) is 12.2. The van der Waals surface area contributed by atoms with Crippen molar-refractivity contribution in [3.05, 3.63) is 0 Å². The van der Waals surface area contributed by atoms with Gasteiger partial charge in [-0.3, -0.25) is 9.35 Å². The molecule has 0 amide bonds. The summed E-state index contributed by atoms with van der Waals surface area (Å²) in [6.45, 7) is 3.91. The maximum absolute atomic E-state index is 12.0. The highest BCUT2D eigenvalue weighted by Crippen LogP contribution is 2.64. The summed E-state index contributed by atoms with van der Waals surface area (Å²) in [4.78, 5) is 12.0. The number of rotatable bonds is 3. The van der Waals surface area contributed by atoms with E-state index in [4.69, 9.17) is 1.43 Å². The SMILES string of the molecule is [2H]OS(=O)(=O)CC12CCC(CC1=O)C2(C)C. The minimum atomic E-state index is -3.90. The molecule has 2 bridgehead atoms. The van der Waals surface area contributed by atoms with Crippen LogP contribution in [-0.2, 0) is 14.9 Å². The molecule has 0 heterocycles. The van der Waals surface area contributed by atoms with E-state index in [1.165, 1.54) is 0 Å². The van der Waals surface area contributed by atoms with E-state index in [0.717, 1.165) is 6.42 Å². The van der Waals surface area contributed by atoms with Gasteiger partial charge < -0.3 is 0 Å². The number of ketones is 1. The summed E-state index contributed by atoms with van der Waals surface area (Å²) in [5, 5.41) is 0. The summed E-state index contributed by atoms with van der Waals surface area (Å²) in [6.07, 6.45) is 1.97. The number of carbonyl (C=O) groups excluding carboxylic acids is 1. The Morgan fingerprint density at radius 1 is 1.60 bits per heavy atom. The first-order valence-electron chi connectivity index (χ1n) is 5.57. The molecule has 2 fully saturated rings. The van der Waals surface area contributed by atoms with Gasteiger partial charge in [0.2, 0.25) is 1.43 Å². The Kier molecular flexibility index (Phi) is 1.84. The Balaban J connectivity index is 2.40. The van der Waals surface area contributed by atoms with E-state index in [1.807, 2.05) is 13.8 Å². The predicted molar refractivity (Wildman–Crippen MR) is 55.0 cm³/mol. The second kappa shape index (κ2) is 2.83. The summed E-state index contributed by atoms with van der Waals surface area (Å²) < 4.78 is 33.1. The molecule has 15 heavy (non-hydrogen) atoms. The third-order valence-electron chi connectivity index (χ3n) is 4.56. The molecular weight excluding hydrogens is 216 g/mol. The fraction of sp³-hybridized carbons (Fsp3) is 0.900. The normalized spacial score (nSPS) is 39.5. The third-order valence-corrected chi connectivity index (χ3v) is 5.41. The zero-order valence-corrected chi connectivity index (χ0v) is 9.76. The van der Waals surface area contributed by atoms with Gasteiger partial charge in [-0.15, -0.1) is 0 Å². The van der Waals surface area contributed by atoms with Crippen LogP contribution in [0.15, 0.2) is 0 Å². The van der Waals surface area contributed by atoms with E-state index in [0.29, 0.717) is 12.8 Å². The van der Waals surface area contributed by atoms with Crippen LogP contribution >= 0.6 is 0 Å². The van der Waals surface area contributed by atoms with Crippen molar-refractivity contribution in [3.63, 3.8) is 0 Å². The van der Waals surface area contributed by atoms with Crippen molar-refractivity contribution >= 4 is 15.9 Å². The van der Waals surface area contributed by atoms with Crippen LogP contribution in [0.2, 0.25) is 0 Å². The van der Waals surface area contributed by atoms with Crippen molar-refractivity contribution in [1.29, 1.82) is 1.43 Å². The molecule has 0 aromatic rings. The van der Waals surface area contributed by atoms with Gasteiger partial charge in [-0.1, -0.05) is 13.8 Å². The third kappa shape index (κ3) is 1.36. The zero-order valence-electron chi connectivity index (χ0n) is 9.95. The first kappa shape index (κ1) is 9.78. The van der Waals surface area contributed by atoms with Gasteiger partial charge in [0.25, 0.3) is 10.1 Å². The first-order valence-corrected chi connectivity index (χ1v) is 6.74. The lowest BCUT2D eigenvalue weighted by atomic mass is 9.70. The van der Waals surface area contributed by atoms with Crippen LogP contribution in [0.25, 0.3) is 1.43 Å². The minimum absolute atomic E-state index is 0.0226. The molecular formula is C10H16O4S. The number of hydrogen-bond donors (Lipinski definition) is 1. The molecule has 0 spiro atoms. The standard InChI is InChI=1S/C10H16O4S/c1-9(2)7-3-4-10(9,8(11)5-7)6-15(12,13)14/h7H,3-6H2,1-2H3,(H,12,13,14)/i/hD. The van der Waals surface area contributed by atoms with Crippen LogP contribution < -0.4 is 0 Å². The van der Waals surface area contributed by atoms with Gasteiger partial charge in [0, 0.05) is 6.42 Å². The average molecular weight is 233 g/mol. The molecule has 0 radical (unpaired) electrons. The van der Waals surface area contributed by atoms with Crippen molar-refractivity contribution in [3.8, 4) is 0 Å². The summed E-state index contributed by atoms with van der Waals surface area (Å²) in [5.74, 6) is -0.0402. The second-order valence-corrected chi connectivity index (χ2v) is 6.77. The largest absolute Gasteiger partial charge is 0.299 e. The smallest absolute Gasteiger partial charge is 0.265 e. The van der Waals surface area contributed by atoms with Gasteiger partial charge in [0.05, 0.1) is 11.2 Å². The number of hydrogen-bond acceptors (Lipinski definition) is 4. The van der Waals surface area contributed by atoms with Crippen LogP contribution in [0, 0.1) is 16.7 Å². The Morgan fingerprint density at radius 3 is 2.67 bits per heavy atom. The van der Waals surface area contributed by atoms with Gasteiger partial charge in [-0.05, 0) is 24.2 Å². The lowest BCUT2D eigenvalue weighted by Gasteiger charge is -2.35. The van der Waals surface area contributed by atoms with E-state index in [2.05, 4.69) is 4.56 Å². The molecule has 2 atom stereocenters. The van der Waals surface area contributed by atoms with Gasteiger partial charge in [-0.2, -0.15) is 8.42 Å². The monoisotopic (exact) mass is 233 g/mol. The number of fused-ring (bicyclic) bond motifs is 2. The van der Waals surface area contributed by atoms with Gasteiger partial charge in [0.15, 0.2) is 0 Å². The maximum atomic E-state index is 12.0. The Bertz CT molecular complexity index is 428. The average Bonchev–Trinajstić information content (AvgIpc) is 2.51. The van der Waals surface area contributed by atoms with Crippen molar-refractivity contribution in [1.82, 2.24) is 0 Å². The van der Waals surface area contributed by atoms with Gasteiger partial charge in [-0.25, -0.2) is 0 Å². The van der Waals surface area contributed by atoms with Gasteiger partial charge in [0.1, 0.15) is 5.78 Å². The fourth-order valence-corrected chi connectivity index (χ4v) is 4.69. The van der Waals surface area contributed by atoms with Crippen LogP contribution in [0.4, 0.5) is 0 Å². The summed E-state index contributed by atoms with van der Waals surface area (Å²) in [7, 11) is -3.90. The highest BCUT2D eigenvalue weighted by Gasteiger charge is 2.65. The Labute approximate surface area is 91.3 Å². The van der Waals surface area contributed by atoms with E-state index >= 15 is 0 Å². The summed E-state index contributed by atoms with van der Waals surface area (Å²) >= 11 is 0. The van der Waals surface area contributed by atoms with Crippen LogP contribution in [0.5, 0.6) is 0 Å². The molecule has 5 heteroatoms. The van der Waals surface area contributed by atoms with Gasteiger partial charge >= 0.3 is 0 Å². The van der Waals surface area contributed by atoms with Crippen molar-refractivity contribution in [2.24, 2.45) is 16.7 Å². The van der Waals surface area contributed by atoms with Crippen molar-refractivity contribution < 1.29 is 17.8 Å². The van der Waals surface area contributed by atoms with Crippen molar-refractivity contribution in [2.45, 2.75) is 33.1 Å². The van der Waals surface area contributed by atoms with Crippen molar-refractivity contribution in [2.75, 3.05) is 5.75 Å². The molecule has 2 unspecified atom stereocenters. The molecule has 2 aliphatic carbocycles. The molecule has 2 rings (SSSR count). The predicted octanol–water partition coefficient (Wildman–Crippen LogP) is 1.27. The highest BCUT2D eigenvalue weighted by molar-refractivity contribution is 7.85. The quantitative estimate of drug-likeness (QED) is 0.745. The molecule has 86 valence electrons. The molecule has 0 aromatic carbocycles. The molecule has 0 aliphatic heterocycles. The fourth-order valence-electron chi connectivity index (χ4n) is 3.41. The Morgan fingerprint density at radius 2 is 2.27 bits per heavy atom. The number of Topliss-reactive ketones (excluding diaryl/α,β-unsaturated/α-hetero) is 1. The molecule has 4 nitrogen and oxygen atoms in total. The lowest BCUT2D eigenvalue weighted by Crippen LogP contribution is -2.42. The van der Waals surface area contributed by atoms with Crippen LogP contribution in [0.1, 0.15) is 33.1 Å². The summed E-state index contributed by atoms with van der Waals surface area (Å²) in [6, 6.07) is 0. The molecule has 0 saturated heterocycles. The lowest BCUT2D eigenvalue weighted by molar-refractivity contribution is -0.128. The van der Waals surface area contributed by atoms with E-state index in [1.54, 1.807) is 0 Å². The number of carbonyl (C=O) groups is 1. The van der Waals surface area contributed by atoms with E-state index in [9.17, 15) is 13.2 Å². The molecule has 1 N–H and O–H groups in total.